The molecule has 0 amide bonds. The molecule has 3 heterocycles. The molecule has 4 fully saturated rings. The van der Waals surface area contributed by atoms with E-state index in [1.165, 1.54) is 0 Å². The fraction of sp³-hybridized carbons (Fsp3) is 0.962. The quantitative estimate of drug-likeness (QED) is 0.121. The zero-order valence-corrected chi connectivity index (χ0v) is 22.8. The summed E-state index contributed by atoms with van der Waals surface area (Å²) in [5.41, 5.74) is 0. The molecule has 1 saturated carbocycles. The summed E-state index contributed by atoms with van der Waals surface area (Å²) < 4.78 is 34.2. The number of aliphatic hydroxyl groups is 7. The van der Waals surface area contributed by atoms with Crippen molar-refractivity contribution in [1.82, 2.24) is 0 Å². The molecule has 1 aliphatic carbocycles. The Hall–Kier alpha value is -1.05. The second-order valence-corrected chi connectivity index (χ2v) is 11.3. The second-order valence-electron chi connectivity index (χ2n) is 11.3. The highest BCUT2D eigenvalue weighted by molar-refractivity contribution is 5.72. The first-order valence-corrected chi connectivity index (χ1v) is 14.3. The highest BCUT2D eigenvalue weighted by atomic mass is 16.7. The Labute approximate surface area is 237 Å². The maximum atomic E-state index is 12.1. The third-order valence-corrected chi connectivity index (χ3v) is 8.39. The largest absolute Gasteiger partial charge is 0.479 e. The normalized spacial score (nSPS) is 43.5. The molecule has 15 heteroatoms. The van der Waals surface area contributed by atoms with Crippen molar-refractivity contribution in [2.24, 2.45) is 5.92 Å². The number of hydrogen-bond donors (Lipinski definition) is 8. The van der Waals surface area contributed by atoms with Crippen molar-refractivity contribution in [3.05, 3.63) is 0 Å². The first kappa shape index (κ1) is 32.9. The zero-order valence-electron chi connectivity index (χ0n) is 22.8. The molecular formula is C26H44O15. The SMILES string of the molecule is O=C(O)[C@H](CC1CCCCC1)O[C@H]1[C@@H](O)[C@@H](CO)O[C@@H](O[C@@H]2CCO[C@H](CO)[C@H]2O[C@@H]2OC[C@@H](O)[C@@H](O)[C@@H]2O)[C@@H]1O. The zero-order chi connectivity index (χ0) is 29.7. The van der Waals surface area contributed by atoms with Crippen LogP contribution in [0.4, 0.5) is 0 Å². The van der Waals surface area contributed by atoms with Crippen LogP contribution in [0.1, 0.15) is 44.9 Å². The van der Waals surface area contributed by atoms with Gasteiger partial charge in [-0.2, -0.15) is 0 Å². The van der Waals surface area contributed by atoms with Gasteiger partial charge < -0.3 is 69.3 Å². The van der Waals surface area contributed by atoms with Crippen molar-refractivity contribution in [2.45, 2.75) is 125 Å². The maximum absolute atomic E-state index is 12.1. The summed E-state index contributed by atoms with van der Waals surface area (Å²) in [6.07, 6.45) is -12.5. The predicted octanol–water partition coefficient (Wildman–Crippen LogP) is -2.78. The summed E-state index contributed by atoms with van der Waals surface area (Å²) in [5, 5.41) is 81.6. The highest BCUT2D eigenvalue weighted by Crippen LogP contribution is 2.33. The van der Waals surface area contributed by atoms with Gasteiger partial charge >= 0.3 is 5.97 Å². The van der Waals surface area contributed by atoms with Gasteiger partial charge in [0.2, 0.25) is 0 Å². The molecule has 0 aromatic heterocycles. The number of carboxylic acid groups (broad SMARTS) is 1. The molecular weight excluding hydrogens is 552 g/mol. The van der Waals surface area contributed by atoms with Crippen molar-refractivity contribution in [2.75, 3.05) is 26.4 Å². The Bertz CT molecular complexity index is 812. The predicted molar refractivity (Wildman–Crippen MR) is 134 cm³/mol. The standard InChI is InChI=1S/C26H44O15/c27-9-16-19(31)23(38-15(24(34)35)8-12-4-2-1-3-5-12)21(33)26(40-16)39-14-6-7-36-17(10-28)22(14)41-25-20(32)18(30)13(29)11-37-25/h12-23,25-33H,1-11H2,(H,34,35)/t13-,14-,15+,16-,17-,18-,19+,20+,21-,22+,23+,25+,26-/m1/s1. The van der Waals surface area contributed by atoms with Crippen molar-refractivity contribution in [3.63, 3.8) is 0 Å². The molecule has 0 bridgehead atoms. The number of rotatable bonds is 11. The molecule has 238 valence electrons. The van der Waals surface area contributed by atoms with Gasteiger partial charge in [0.25, 0.3) is 0 Å². The fourth-order valence-electron chi connectivity index (χ4n) is 5.99. The van der Waals surface area contributed by atoms with Crippen molar-refractivity contribution < 1.29 is 74.1 Å². The van der Waals surface area contributed by atoms with Gasteiger partial charge in [-0.3, -0.25) is 0 Å². The van der Waals surface area contributed by atoms with Crippen molar-refractivity contribution in [1.29, 1.82) is 0 Å². The topological polar surface area (TPSA) is 234 Å². The molecule has 0 aromatic carbocycles. The molecule has 15 nitrogen and oxygen atoms in total. The fourth-order valence-corrected chi connectivity index (χ4v) is 5.99. The lowest BCUT2D eigenvalue weighted by Crippen LogP contribution is -2.63. The number of hydrogen-bond acceptors (Lipinski definition) is 14. The van der Waals surface area contributed by atoms with E-state index in [9.17, 15) is 45.6 Å². The van der Waals surface area contributed by atoms with E-state index < -0.39 is 98.9 Å². The van der Waals surface area contributed by atoms with E-state index in [4.69, 9.17) is 28.4 Å². The van der Waals surface area contributed by atoms with Crippen LogP contribution in [0.25, 0.3) is 0 Å². The average molecular weight is 597 g/mol. The molecule has 0 unspecified atom stereocenters. The minimum atomic E-state index is -1.68. The van der Waals surface area contributed by atoms with Gasteiger partial charge in [-0.1, -0.05) is 32.1 Å². The van der Waals surface area contributed by atoms with Crippen LogP contribution in [0.5, 0.6) is 0 Å². The van der Waals surface area contributed by atoms with Crippen LogP contribution in [-0.4, -0.2) is 153 Å². The minimum Gasteiger partial charge on any atom is -0.479 e. The molecule has 3 saturated heterocycles. The van der Waals surface area contributed by atoms with Crippen LogP contribution in [0.2, 0.25) is 0 Å². The summed E-state index contributed by atoms with van der Waals surface area (Å²) >= 11 is 0. The number of aliphatic carboxylic acids is 1. The average Bonchev–Trinajstić information content (AvgIpc) is 2.97. The van der Waals surface area contributed by atoms with Crippen LogP contribution in [0, 0.1) is 5.92 Å². The Balaban J connectivity index is 1.47. The molecule has 0 aromatic rings. The monoisotopic (exact) mass is 596 g/mol. The van der Waals surface area contributed by atoms with E-state index in [1.807, 2.05) is 0 Å². The molecule has 8 N–H and O–H groups in total. The number of ether oxygens (including phenoxy) is 6. The second kappa shape index (κ2) is 15.1. The third-order valence-electron chi connectivity index (χ3n) is 8.39. The Kier molecular flexibility index (Phi) is 12.1. The van der Waals surface area contributed by atoms with E-state index in [0.29, 0.717) is 0 Å². The van der Waals surface area contributed by atoms with E-state index in [-0.39, 0.29) is 32.0 Å². The molecule has 3 aliphatic heterocycles. The summed E-state index contributed by atoms with van der Waals surface area (Å²) in [4.78, 5) is 12.1. The van der Waals surface area contributed by atoms with Crippen LogP contribution >= 0.6 is 0 Å². The maximum Gasteiger partial charge on any atom is 0.332 e. The summed E-state index contributed by atoms with van der Waals surface area (Å²) in [6.45, 7) is -1.40. The lowest BCUT2D eigenvalue weighted by molar-refractivity contribution is -0.351. The lowest BCUT2D eigenvalue weighted by Gasteiger charge is -2.46. The first-order valence-electron chi connectivity index (χ1n) is 14.3. The molecule has 0 spiro atoms. The summed E-state index contributed by atoms with van der Waals surface area (Å²) in [5.74, 6) is -1.10. The smallest absolute Gasteiger partial charge is 0.332 e. The Morgan fingerprint density at radius 1 is 0.780 bits per heavy atom. The number of carboxylic acids is 1. The van der Waals surface area contributed by atoms with Crippen LogP contribution in [-0.2, 0) is 33.2 Å². The van der Waals surface area contributed by atoms with Gasteiger partial charge in [0, 0.05) is 6.61 Å². The lowest BCUT2D eigenvalue weighted by atomic mass is 9.85. The van der Waals surface area contributed by atoms with Crippen LogP contribution in [0.15, 0.2) is 0 Å². The van der Waals surface area contributed by atoms with Gasteiger partial charge in [0.1, 0.15) is 54.9 Å². The van der Waals surface area contributed by atoms with E-state index in [1.54, 1.807) is 0 Å². The molecule has 41 heavy (non-hydrogen) atoms. The number of aliphatic hydroxyl groups excluding tert-OH is 7. The van der Waals surface area contributed by atoms with Gasteiger partial charge in [0.05, 0.1) is 25.9 Å². The van der Waals surface area contributed by atoms with Crippen LogP contribution < -0.4 is 0 Å². The van der Waals surface area contributed by atoms with Crippen molar-refractivity contribution in [3.8, 4) is 0 Å². The van der Waals surface area contributed by atoms with Gasteiger partial charge in [-0.25, -0.2) is 4.79 Å². The number of carbonyl (C=O) groups is 1. The van der Waals surface area contributed by atoms with Gasteiger partial charge in [-0.15, -0.1) is 0 Å². The Morgan fingerprint density at radius 3 is 2.15 bits per heavy atom. The molecule has 4 aliphatic rings. The summed E-state index contributed by atoms with van der Waals surface area (Å²) in [6, 6.07) is 0. The summed E-state index contributed by atoms with van der Waals surface area (Å²) in [7, 11) is 0. The highest BCUT2D eigenvalue weighted by Gasteiger charge is 2.50. The first-order chi connectivity index (χ1) is 19.6. The molecule has 0 radical (unpaired) electrons. The van der Waals surface area contributed by atoms with Gasteiger partial charge in [-0.05, 0) is 18.8 Å². The van der Waals surface area contributed by atoms with E-state index in [0.717, 1.165) is 32.1 Å². The van der Waals surface area contributed by atoms with E-state index in [2.05, 4.69) is 0 Å². The molecule has 13 atom stereocenters. The Morgan fingerprint density at radius 2 is 1.49 bits per heavy atom. The van der Waals surface area contributed by atoms with Crippen LogP contribution in [0.3, 0.4) is 0 Å². The van der Waals surface area contributed by atoms with Crippen molar-refractivity contribution >= 4 is 5.97 Å². The molecule has 4 rings (SSSR count). The third kappa shape index (κ3) is 7.92. The minimum absolute atomic E-state index is 0.114. The van der Waals surface area contributed by atoms with Gasteiger partial charge in [0.15, 0.2) is 18.7 Å². The van der Waals surface area contributed by atoms with E-state index >= 15 is 0 Å².